The zero-order valence-electron chi connectivity index (χ0n) is 24.5. The van der Waals surface area contributed by atoms with E-state index in [1.54, 1.807) is 30.4 Å². The van der Waals surface area contributed by atoms with Gasteiger partial charge in [-0.2, -0.15) is 0 Å². The lowest BCUT2D eigenvalue weighted by Gasteiger charge is -2.15. The Morgan fingerprint density at radius 1 is 0.725 bits per heavy atom. The van der Waals surface area contributed by atoms with Gasteiger partial charge in [-0.1, -0.05) is 112 Å². The highest BCUT2D eigenvalue weighted by molar-refractivity contribution is 5.70. The smallest absolute Gasteiger partial charge is 0.306 e. The van der Waals surface area contributed by atoms with Crippen molar-refractivity contribution < 1.29 is 34.4 Å². The van der Waals surface area contributed by atoms with Crippen molar-refractivity contribution in [2.75, 3.05) is 13.2 Å². The van der Waals surface area contributed by atoms with Crippen molar-refractivity contribution in [3.63, 3.8) is 0 Å². The first-order chi connectivity index (χ1) is 19.4. The van der Waals surface area contributed by atoms with E-state index in [9.17, 15) is 24.9 Å². The molecule has 0 aliphatic carbocycles. The number of hydrogen-bond acceptors (Lipinski definition) is 7. The molecule has 0 rings (SSSR count). The third-order valence-corrected chi connectivity index (χ3v) is 5.69. The number of carbonyl (C=O) groups excluding carboxylic acids is 2. The van der Waals surface area contributed by atoms with Crippen LogP contribution in [-0.2, 0) is 19.1 Å². The largest absolute Gasteiger partial charge is 0.462 e. The Labute approximate surface area is 241 Å². The number of allylic oxidation sites excluding steroid dienone is 8. The molecule has 0 aromatic heterocycles. The molecular formula is C33H52O7. The molecule has 0 aromatic rings. The van der Waals surface area contributed by atoms with E-state index < -0.39 is 24.3 Å². The van der Waals surface area contributed by atoms with Crippen molar-refractivity contribution in [3.8, 4) is 0 Å². The van der Waals surface area contributed by atoms with Gasteiger partial charge in [-0.15, -0.1) is 0 Å². The van der Waals surface area contributed by atoms with E-state index in [4.69, 9.17) is 9.47 Å². The summed E-state index contributed by atoms with van der Waals surface area (Å²) in [7, 11) is 0. The van der Waals surface area contributed by atoms with Gasteiger partial charge >= 0.3 is 11.9 Å². The Balaban J connectivity index is 3.97. The molecule has 0 aliphatic rings. The lowest BCUT2D eigenvalue weighted by molar-refractivity contribution is -0.161. The van der Waals surface area contributed by atoms with Gasteiger partial charge in [-0.25, -0.2) is 0 Å². The summed E-state index contributed by atoms with van der Waals surface area (Å²) in [5.41, 5.74) is 0. The number of carbonyl (C=O) groups is 2. The van der Waals surface area contributed by atoms with Gasteiger partial charge in [0.15, 0.2) is 6.10 Å². The maximum Gasteiger partial charge on any atom is 0.306 e. The van der Waals surface area contributed by atoms with Crippen LogP contribution in [-0.4, -0.2) is 58.8 Å². The van der Waals surface area contributed by atoms with E-state index in [2.05, 4.69) is 13.8 Å². The van der Waals surface area contributed by atoms with Crippen LogP contribution in [0.3, 0.4) is 0 Å². The molecule has 0 aliphatic heterocycles. The summed E-state index contributed by atoms with van der Waals surface area (Å²) in [4.78, 5) is 23.8. The van der Waals surface area contributed by atoms with Crippen molar-refractivity contribution in [2.24, 2.45) is 0 Å². The van der Waals surface area contributed by atoms with Gasteiger partial charge in [-0.3, -0.25) is 9.59 Å². The highest BCUT2D eigenvalue weighted by atomic mass is 16.6. The van der Waals surface area contributed by atoms with Crippen LogP contribution >= 0.6 is 0 Å². The van der Waals surface area contributed by atoms with Crippen LogP contribution in [0, 0.1) is 0 Å². The summed E-state index contributed by atoms with van der Waals surface area (Å²) < 4.78 is 10.3. The molecule has 0 saturated heterocycles. The third-order valence-electron chi connectivity index (χ3n) is 5.69. The van der Waals surface area contributed by atoms with Gasteiger partial charge in [0.2, 0.25) is 0 Å². The minimum absolute atomic E-state index is 0.146. The molecule has 7 heteroatoms. The zero-order chi connectivity index (χ0) is 29.7. The summed E-state index contributed by atoms with van der Waals surface area (Å²) in [5, 5.41) is 29.1. The number of aliphatic hydroxyl groups excluding tert-OH is 3. The molecule has 40 heavy (non-hydrogen) atoms. The third kappa shape index (κ3) is 25.5. The van der Waals surface area contributed by atoms with Gasteiger partial charge in [0.1, 0.15) is 6.61 Å². The minimum atomic E-state index is -0.831. The molecule has 0 radical (unpaired) electrons. The molecule has 3 N–H and O–H groups in total. The van der Waals surface area contributed by atoms with Gasteiger partial charge in [0.25, 0.3) is 0 Å². The highest BCUT2D eigenvalue weighted by Crippen LogP contribution is 2.07. The zero-order valence-corrected chi connectivity index (χ0v) is 24.5. The van der Waals surface area contributed by atoms with E-state index in [0.717, 1.165) is 38.5 Å². The lowest BCUT2D eigenvalue weighted by atomic mass is 10.1. The number of ether oxygens (including phenoxy) is 2. The van der Waals surface area contributed by atoms with Gasteiger partial charge in [0.05, 0.1) is 18.8 Å². The number of esters is 2. The summed E-state index contributed by atoms with van der Waals surface area (Å²) in [6, 6.07) is 0. The van der Waals surface area contributed by atoms with Crippen LogP contribution < -0.4 is 0 Å². The average molecular weight is 561 g/mol. The van der Waals surface area contributed by atoms with Crippen molar-refractivity contribution >= 4 is 11.9 Å². The summed E-state index contributed by atoms with van der Waals surface area (Å²) >= 11 is 0. The van der Waals surface area contributed by atoms with Gasteiger partial charge in [0, 0.05) is 12.8 Å². The van der Waals surface area contributed by atoms with Crippen molar-refractivity contribution in [3.05, 3.63) is 72.9 Å². The molecule has 3 atom stereocenters. The molecule has 0 bridgehead atoms. The van der Waals surface area contributed by atoms with Crippen molar-refractivity contribution in [1.82, 2.24) is 0 Å². The maximum absolute atomic E-state index is 11.9. The predicted molar refractivity (Wildman–Crippen MR) is 162 cm³/mol. The normalized spacial score (nSPS) is 14.8. The first-order valence-corrected chi connectivity index (χ1v) is 14.7. The van der Waals surface area contributed by atoms with Crippen LogP contribution in [0.4, 0.5) is 0 Å². The summed E-state index contributed by atoms with van der Waals surface area (Å²) in [5.74, 6) is -0.784. The quantitative estimate of drug-likeness (QED) is 0.0556. The molecule has 0 fully saturated rings. The van der Waals surface area contributed by atoms with E-state index in [0.29, 0.717) is 32.1 Å². The summed E-state index contributed by atoms with van der Waals surface area (Å²) in [6.45, 7) is 3.65. The second kappa shape index (κ2) is 27.8. The fourth-order valence-electron chi connectivity index (χ4n) is 3.40. The lowest BCUT2D eigenvalue weighted by Crippen LogP contribution is -2.28. The average Bonchev–Trinajstić information content (AvgIpc) is 2.94. The molecule has 226 valence electrons. The number of hydrogen-bond donors (Lipinski definition) is 3. The fraction of sp³-hybridized carbons (Fsp3) is 0.576. The standard InChI is InChI=1S/C33H52O7/c1-3-5-7-10-20-26-33(38)40-31(27-34)28-39-32(37)25-19-12-9-8-11-16-22-30(36)24-18-14-13-17-23-29(35)21-15-6-4-2/h6,9,11-18,23-24,29-31,34-36H,3-5,7-8,10,19-22,25-28H2,1-2H3/b12-9-,14-13-,15-6-,16-11-,23-17+,24-18+/t29-,30+,31+/m1/s1. The molecule has 0 spiro atoms. The van der Waals surface area contributed by atoms with Crippen LogP contribution in [0.25, 0.3) is 0 Å². The van der Waals surface area contributed by atoms with Crippen LogP contribution in [0.15, 0.2) is 72.9 Å². The van der Waals surface area contributed by atoms with E-state index in [1.165, 1.54) is 0 Å². The monoisotopic (exact) mass is 560 g/mol. The highest BCUT2D eigenvalue weighted by Gasteiger charge is 2.15. The predicted octanol–water partition coefficient (Wildman–Crippen LogP) is 6.21. The van der Waals surface area contributed by atoms with Gasteiger partial charge in [-0.05, 0) is 38.5 Å². The number of aliphatic hydroxyl groups is 3. The molecule has 0 unspecified atom stereocenters. The second-order valence-electron chi connectivity index (χ2n) is 9.50. The molecule has 0 heterocycles. The van der Waals surface area contributed by atoms with Gasteiger partial charge < -0.3 is 24.8 Å². The maximum atomic E-state index is 11.9. The molecular weight excluding hydrogens is 508 g/mol. The number of rotatable bonds is 24. The topological polar surface area (TPSA) is 113 Å². The second-order valence-corrected chi connectivity index (χ2v) is 9.50. The Hall–Kier alpha value is -2.74. The Bertz CT molecular complexity index is 808. The number of unbranched alkanes of at least 4 members (excludes halogenated alkanes) is 4. The molecule has 0 saturated carbocycles. The van der Waals surface area contributed by atoms with Crippen molar-refractivity contribution in [2.45, 2.75) is 109 Å². The molecule has 0 aromatic carbocycles. The van der Waals surface area contributed by atoms with Crippen molar-refractivity contribution in [1.29, 1.82) is 0 Å². The fourth-order valence-corrected chi connectivity index (χ4v) is 3.40. The first-order valence-electron chi connectivity index (χ1n) is 14.7. The summed E-state index contributed by atoms with van der Waals surface area (Å²) in [6.07, 6.45) is 29.3. The minimum Gasteiger partial charge on any atom is -0.462 e. The molecule has 0 amide bonds. The van der Waals surface area contributed by atoms with E-state index in [-0.39, 0.29) is 25.6 Å². The molecule has 7 nitrogen and oxygen atoms in total. The first kappa shape index (κ1) is 37.3. The van der Waals surface area contributed by atoms with E-state index in [1.807, 2.05) is 42.5 Å². The van der Waals surface area contributed by atoms with E-state index >= 15 is 0 Å². The Morgan fingerprint density at radius 3 is 1.98 bits per heavy atom. The Morgan fingerprint density at radius 2 is 1.35 bits per heavy atom. The SMILES string of the molecule is CC/C=C\C[C@@H](O)/C=C/C=C\C=C\[C@@H](O)C/C=C\C/C=C\CCC(=O)OC[C@H](CO)OC(=O)CCCCCCC. The van der Waals surface area contributed by atoms with Crippen LogP contribution in [0.5, 0.6) is 0 Å². The van der Waals surface area contributed by atoms with Crippen LogP contribution in [0.1, 0.15) is 90.9 Å². The Kier molecular flexibility index (Phi) is 25.9. The van der Waals surface area contributed by atoms with Crippen LogP contribution in [0.2, 0.25) is 0 Å².